The summed E-state index contributed by atoms with van der Waals surface area (Å²) in [5.41, 5.74) is 0.776. The maximum absolute atomic E-state index is 9.51. The molecule has 2 heteroatoms. The molecule has 0 heterocycles. The van der Waals surface area contributed by atoms with Gasteiger partial charge in [-0.05, 0) is 18.9 Å². The van der Waals surface area contributed by atoms with Crippen LogP contribution >= 0.6 is 0 Å². The first kappa shape index (κ1) is 7.62. The van der Waals surface area contributed by atoms with Gasteiger partial charge in [0.1, 0.15) is 5.75 Å². The highest BCUT2D eigenvalue weighted by Gasteiger charge is 2.45. The number of aliphatic hydroxyl groups excluding tert-OH is 1. The minimum atomic E-state index is -0.120. The molecule has 0 bridgehead atoms. The van der Waals surface area contributed by atoms with Crippen molar-refractivity contribution in [3.05, 3.63) is 29.8 Å². The number of aromatic hydroxyl groups is 1. The lowest BCUT2D eigenvalue weighted by Crippen LogP contribution is -2.11. The van der Waals surface area contributed by atoms with Gasteiger partial charge in [0.25, 0.3) is 0 Å². The summed E-state index contributed by atoms with van der Waals surface area (Å²) < 4.78 is 0. The number of hydrogen-bond donors (Lipinski definition) is 2. The first-order valence-corrected chi connectivity index (χ1v) is 4.18. The largest absolute Gasteiger partial charge is 0.508 e. The van der Waals surface area contributed by atoms with Crippen LogP contribution in [0, 0.1) is 0 Å². The van der Waals surface area contributed by atoms with Crippen LogP contribution in [0.5, 0.6) is 5.75 Å². The van der Waals surface area contributed by atoms with E-state index in [1.165, 1.54) is 0 Å². The topological polar surface area (TPSA) is 40.5 Å². The molecule has 2 N–H and O–H groups in total. The molecule has 0 radical (unpaired) electrons. The Balaban J connectivity index is 2.40. The lowest BCUT2D eigenvalue weighted by atomic mass is 9.96. The van der Waals surface area contributed by atoms with Crippen molar-refractivity contribution in [1.82, 2.24) is 0 Å². The molecule has 2 rings (SSSR count). The van der Waals surface area contributed by atoms with E-state index in [-0.39, 0.29) is 12.0 Å². The third-order valence-corrected chi connectivity index (χ3v) is 2.63. The summed E-state index contributed by atoms with van der Waals surface area (Å²) in [6, 6.07) is 7.25. The van der Waals surface area contributed by atoms with Crippen LogP contribution in [0.2, 0.25) is 0 Å². The van der Waals surface area contributed by atoms with Crippen LogP contribution in [-0.4, -0.2) is 16.8 Å². The van der Waals surface area contributed by atoms with Crippen LogP contribution in [-0.2, 0) is 5.41 Å². The Labute approximate surface area is 71.5 Å². The number of aliphatic hydroxyl groups is 1. The minimum Gasteiger partial charge on any atom is -0.508 e. The summed E-state index contributed by atoms with van der Waals surface area (Å²) in [5.74, 6) is 0.309. The summed E-state index contributed by atoms with van der Waals surface area (Å²) in [7, 11) is 0. The lowest BCUT2D eigenvalue weighted by Gasteiger charge is -2.12. The van der Waals surface area contributed by atoms with Crippen LogP contribution in [0.15, 0.2) is 24.3 Å². The first-order valence-electron chi connectivity index (χ1n) is 4.18. The van der Waals surface area contributed by atoms with Gasteiger partial charge in [-0.2, -0.15) is 0 Å². The van der Waals surface area contributed by atoms with Gasteiger partial charge in [-0.25, -0.2) is 0 Å². The molecule has 0 spiro atoms. The van der Waals surface area contributed by atoms with Crippen molar-refractivity contribution >= 4 is 0 Å². The van der Waals surface area contributed by atoms with Crippen LogP contribution in [0.3, 0.4) is 0 Å². The van der Waals surface area contributed by atoms with Gasteiger partial charge in [-0.3, -0.25) is 0 Å². The van der Waals surface area contributed by atoms with Gasteiger partial charge in [0.15, 0.2) is 0 Å². The molecule has 0 saturated heterocycles. The van der Waals surface area contributed by atoms with Crippen molar-refractivity contribution < 1.29 is 10.2 Å². The Hall–Kier alpha value is -1.02. The molecular weight excluding hydrogens is 152 g/mol. The van der Waals surface area contributed by atoms with Gasteiger partial charge in [-0.15, -0.1) is 0 Å². The van der Waals surface area contributed by atoms with Crippen molar-refractivity contribution in [3.63, 3.8) is 0 Å². The molecule has 0 aromatic heterocycles. The number of benzene rings is 1. The summed E-state index contributed by atoms with van der Waals surface area (Å²) >= 11 is 0. The fourth-order valence-electron chi connectivity index (χ4n) is 1.59. The molecule has 1 aromatic carbocycles. The van der Waals surface area contributed by atoms with Crippen LogP contribution in [0.1, 0.15) is 18.4 Å². The molecule has 0 aliphatic heterocycles. The van der Waals surface area contributed by atoms with E-state index in [1.54, 1.807) is 12.1 Å². The predicted octanol–water partition coefficient (Wildman–Crippen LogP) is 1.42. The highest BCUT2D eigenvalue weighted by atomic mass is 16.3. The van der Waals surface area contributed by atoms with E-state index < -0.39 is 0 Å². The average Bonchev–Trinajstić information content (AvgIpc) is 2.86. The number of phenolic OH excluding ortho intramolecular Hbond substituents is 1. The van der Waals surface area contributed by atoms with Crippen molar-refractivity contribution in [2.24, 2.45) is 0 Å². The zero-order chi connectivity index (χ0) is 8.60. The number of phenols is 1. The smallest absolute Gasteiger partial charge is 0.119 e. The summed E-state index contributed by atoms with van der Waals surface area (Å²) in [5, 5.41) is 18.6. The third kappa shape index (κ3) is 0.994. The number of hydrogen-bond acceptors (Lipinski definition) is 2. The van der Waals surface area contributed by atoms with E-state index in [9.17, 15) is 5.11 Å². The Bertz CT molecular complexity index is 290. The molecule has 1 aromatic rings. The number of para-hydroxylation sites is 1. The average molecular weight is 164 g/mol. The Morgan fingerprint density at radius 2 is 1.92 bits per heavy atom. The van der Waals surface area contributed by atoms with Gasteiger partial charge in [0.2, 0.25) is 0 Å². The van der Waals surface area contributed by atoms with Gasteiger partial charge < -0.3 is 10.2 Å². The molecule has 1 aliphatic rings. The summed E-state index contributed by atoms with van der Waals surface area (Å²) in [6.45, 7) is 0.143. The lowest BCUT2D eigenvalue weighted by molar-refractivity contribution is 0.252. The van der Waals surface area contributed by atoms with E-state index in [2.05, 4.69) is 0 Å². The Morgan fingerprint density at radius 1 is 1.25 bits per heavy atom. The monoisotopic (exact) mass is 164 g/mol. The maximum atomic E-state index is 9.51. The Kier molecular flexibility index (Phi) is 1.58. The molecule has 1 fully saturated rings. The molecule has 1 saturated carbocycles. The zero-order valence-electron chi connectivity index (χ0n) is 6.83. The second kappa shape index (κ2) is 2.49. The van der Waals surface area contributed by atoms with Crippen molar-refractivity contribution in [2.45, 2.75) is 18.3 Å². The fourth-order valence-corrected chi connectivity index (χ4v) is 1.59. The van der Waals surface area contributed by atoms with Crippen molar-refractivity contribution in [1.29, 1.82) is 0 Å². The molecule has 1 aliphatic carbocycles. The molecule has 0 amide bonds. The predicted molar refractivity (Wildman–Crippen MR) is 46.1 cm³/mol. The quantitative estimate of drug-likeness (QED) is 0.694. The van der Waals surface area contributed by atoms with Gasteiger partial charge in [0, 0.05) is 11.0 Å². The van der Waals surface area contributed by atoms with Gasteiger partial charge in [0.05, 0.1) is 6.61 Å². The summed E-state index contributed by atoms with van der Waals surface area (Å²) in [6.07, 6.45) is 1.97. The van der Waals surface area contributed by atoms with E-state index >= 15 is 0 Å². The number of rotatable bonds is 2. The second-order valence-corrected chi connectivity index (χ2v) is 3.46. The van der Waals surface area contributed by atoms with E-state index in [1.807, 2.05) is 12.1 Å². The Morgan fingerprint density at radius 3 is 2.42 bits per heavy atom. The molecular formula is C10H12O2. The SMILES string of the molecule is OCC1(c2ccccc2O)CC1. The molecule has 2 nitrogen and oxygen atoms in total. The van der Waals surface area contributed by atoms with E-state index in [0.717, 1.165) is 18.4 Å². The molecule has 0 atom stereocenters. The highest BCUT2D eigenvalue weighted by Crippen LogP contribution is 2.50. The van der Waals surface area contributed by atoms with Crippen LogP contribution in [0.4, 0.5) is 0 Å². The maximum Gasteiger partial charge on any atom is 0.119 e. The van der Waals surface area contributed by atoms with Crippen LogP contribution in [0.25, 0.3) is 0 Å². The zero-order valence-corrected chi connectivity index (χ0v) is 6.83. The fraction of sp³-hybridized carbons (Fsp3) is 0.400. The third-order valence-electron chi connectivity index (χ3n) is 2.63. The normalized spacial score (nSPS) is 19.1. The second-order valence-electron chi connectivity index (χ2n) is 3.46. The van der Waals surface area contributed by atoms with E-state index in [4.69, 9.17) is 5.11 Å². The van der Waals surface area contributed by atoms with Gasteiger partial charge in [-0.1, -0.05) is 18.2 Å². The first-order chi connectivity index (χ1) is 5.78. The summed E-state index contributed by atoms with van der Waals surface area (Å²) in [4.78, 5) is 0. The van der Waals surface area contributed by atoms with E-state index in [0.29, 0.717) is 5.75 Å². The highest BCUT2D eigenvalue weighted by molar-refractivity contribution is 5.42. The minimum absolute atomic E-state index is 0.120. The molecule has 12 heavy (non-hydrogen) atoms. The van der Waals surface area contributed by atoms with Crippen molar-refractivity contribution in [2.75, 3.05) is 6.61 Å². The molecule has 64 valence electrons. The van der Waals surface area contributed by atoms with Crippen molar-refractivity contribution in [3.8, 4) is 5.75 Å². The molecule has 0 unspecified atom stereocenters. The standard InChI is InChI=1S/C10H12O2/c11-7-10(5-6-10)8-3-1-2-4-9(8)12/h1-4,11-12H,5-7H2. The van der Waals surface area contributed by atoms with Crippen LogP contribution < -0.4 is 0 Å². The van der Waals surface area contributed by atoms with Gasteiger partial charge >= 0.3 is 0 Å².